The van der Waals surface area contributed by atoms with Crippen LogP contribution in [0.5, 0.6) is 5.75 Å². The molecule has 0 aliphatic carbocycles. The Morgan fingerprint density at radius 2 is 1.76 bits per heavy atom. The third-order valence-electron chi connectivity index (χ3n) is 4.94. The molecule has 1 N–H and O–H groups in total. The summed E-state index contributed by atoms with van der Waals surface area (Å²) in [6.45, 7) is 7.63. The van der Waals surface area contributed by atoms with Crippen molar-refractivity contribution in [3.63, 3.8) is 0 Å². The van der Waals surface area contributed by atoms with E-state index in [1.807, 2.05) is 32.9 Å². The lowest BCUT2D eigenvalue weighted by Crippen LogP contribution is -2.48. The summed E-state index contributed by atoms with van der Waals surface area (Å²) in [6.07, 6.45) is 1.80. The van der Waals surface area contributed by atoms with Gasteiger partial charge in [-0.05, 0) is 62.6 Å². The van der Waals surface area contributed by atoms with Crippen LogP contribution in [0.25, 0.3) is 0 Å². The third-order valence-corrected chi connectivity index (χ3v) is 6.18. The summed E-state index contributed by atoms with van der Waals surface area (Å²) in [5, 5.41) is 3.02. The molecule has 0 fully saturated rings. The predicted molar refractivity (Wildman–Crippen MR) is 117 cm³/mol. The lowest BCUT2D eigenvalue weighted by molar-refractivity contribution is -0.122. The fourth-order valence-electron chi connectivity index (χ4n) is 3.45. The van der Waals surface area contributed by atoms with E-state index < -0.39 is 16.1 Å². The second kappa shape index (κ2) is 9.31. The molecule has 2 aromatic carbocycles. The number of methoxy groups -OCH3 is 1. The Kier molecular flexibility index (Phi) is 7.30. The third kappa shape index (κ3) is 5.50. The van der Waals surface area contributed by atoms with Crippen LogP contribution in [0.15, 0.2) is 42.5 Å². The van der Waals surface area contributed by atoms with Gasteiger partial charge in [0.15, 0.2) is 0 Å². The van der Waals surface area contributed by atoms with E-state index in [-0.39, 0.29) is 11.9 Å². The van der Waals surface area contributed by atoms with Crippen molar-refractivity contribution in [2.45, 2.75) is 46.2 Å². The molecule has 1 amide bonds. The molecular formula is C22H30N2O4S. The highest BCUT2D eigenvalue weighted by Gasteiger charge is 2.30. The van der Waals surface area contributed by atoms with E-state index >= 15 is 0 Å². The Labute approximate surface area is 173 Å². The number of nitrogens with zero attached hydrogens (tertiary/aromatic N) is 1. The van der Waals surface area contributed by atoms with Gasteiger partial charge >= 0.3 is 0 Å². The Balaban J connectivity index is 2.30. The molecule has 158 valence electrons. The van der Waals surface area contributed by atoms with Crippen LogP contribution in [0.1, 0.15) is 43.0 Å². The number of hydrogen-bond acceptors (Lipinski definition) is 4. The van der Waals surface area contributed by atoms with Crippen molar-refractivity contribution < 1.29 is 17.9 Å². The van der Waals surface area contributed by atoms with Crippen LogP contribution in [-0.4, -0.2) is 33.7 Å². The highest BCUT2D eigenvalue weighted by molar-refractivity contribution is 7.92. The summed E-state index contributed by atoms with van der Waals surface area (Å²) in [5.74, 6) is 0.262. The number of anilines is 1. The topological polar surface area (TPSA) is 75.7 Å². The highest BCUT2D eigenvalue weighted by Crippen LogP contribution is 2.26. The molecule has 0 spiro atoms. The number of carbonyl (C=O) groups is 1. The Hall–Kier alpha value is -2.54. The molecule has 2 rings (SSSR count). The molecular weight excluding hydrogens is 388 g/mol. The van der Waals surface area contributed by atoms with Crippen LogP contribution in [0.4, 0.5) is 5.69 Å². The summed E-state index contributed by atoms with van der Waals surface area (Å²) in [7, 11) is -2.13. The maximum Gasteiger partial charge on any atom is 0.244 e. The smallest absolute Gasteiger partial charge is 0.244 e. The van der Waals surface area contributed by atoms with Gasteiger partial charge in [0.05, 0.1) is 25.1 Å². The number of aryl methyl sites for hydroxylation is 2. The summed E-state index contributed by atoms with van der Waals surface area (Å²) in [4.78, 5) is 13.0. The van der Waals surface area contributed by atoms with Crippen molar-refractivity contribution in [3.8, 4) is 5.75 Å². The molecule has 0 heterocycles. The van der Waals surface area contributed by atoms with Crippen molar-refractivity contribution in [1.82, 2.24) is 5.32 Å². The van der Waals surface area contributed by atoms with Crippen LogP contribution >= 0.6 is 0 Å². The van der Waals surface area contributed by atoms with Crippen LogP contribution in [0.3, 0.4) is 0 Å². The number of rotatable bonds is 8. The van der Waals surface area contributed by atoms with Crippen LogP contribution in [0, 0.1) is 13.8 Å². The average molecular weight is 419 g/mol. The minimum absolute atomic E-state index is 0.192. The zero-order valence-electron chi connectivity index (χ0n) is 17.9. The monoisotopic (exact) mass is 418 g/mol. The van der Waals surface area contributed by atoms with E-state index in [2.05, 4.69) is 11.4 Å². The Bertz CT molecular complexity index is 955. The second-order valence-electron chi connectivity index (χ2n) is 7.26. The van der Waals surface area contributed by atoms with E-state index in [0.29, 0.717) is 17.9 Å². The first-order valence-electron chi connectivity index (χ1n) is 9.59. The largest absolute Gasteiger partial charge is 0.497 e. The lowest BCUT2D eigenvalue weighted by atomic mass is 9.97. The molecule has 2 atom stereocenters. The molecule has 7 heteroatoms. The number of sulfonamides is 1. The van der Waals surface area contributed by atoms with Gasteiger partial charge < -0.3 is 10.1 Å². The number of nitrogens with one attached hydrogen (secondary N) is 1. The van der Waals surface area contributed by atoms with Gasteiger partial charge in [0.25, 0.3) is 0 Å². The van der Waals surface area contributed by atoms with E-state index in [1.54, 1.807) is 31.2 Å². The van der Waals surface area contributed by atoms with Crippen LogP contribution < -0.4 is 14.4 Å². The van der Waals surface area contributed by atoms with E-state index in [4.69, 9.17) is 4.74 Å². The molecule has 2 aromatic rings. The molecule has 0 saturated heterocycles. The molecule has 6 nitrogen and oxygen atoms in total. The number of benzene rings is 2. The van der Waals surface area contributed by atoms with Crippen molar-refractivity contribution >= 4 is 21.6 Å². The van der Waals surface area contributed by atoms with E-state index in [9.17, 15) is 13.2 Å². The maximum absolute atomic E-state index is 13.0. The number of ether oxygens (including phenoxy) is 1. The van der Waals surface area contributed by atoms with Crippen molar-refractivity contribution in [2.75, 3.05) is 17.7 Å². The summed E-state index contributed by atoms with van der Waals surface area (Å²) in [6, 6.07) is 11.6. The molecule has 0 aliphatic rings. The van der Waals surface area contributed by atoms with Gasteiger partial charge in [-0.15, -0.1) is 0 Å². The zero-order valence-corrected chi connectivity index (χ0v) is 18.7. The molecule has 29 heavy (non-hydrogen) atoms. The van der Waals surface area contributed by atoms with Crippen LogP contribution in [0.2, 0.25) is 0 Å². The van der Waals surface area contributed by atoms with Gasteiger partial charge in [-0.1, -0.05) is 30.7 Å². The van der Waals surface area contributed by atoms with E-state index in [0.717, 1.165) is 27.3 Å². The standard InChI is InChI=1S/C22H30N2O4S/c1-7-21(20-13-8-15(2)14-16(20)3)23-22(25)17(4)24(29(6,26)27)18-9-11-19(28-5)12-10-18/h8-14,17,21H,7H2,1-6H3,(H,23,25)/t17-,21-/m1/s1. The van der Waals surface area contributed by atoms with Crippen molar-refractivity contribution in [2.24, 2.45) is 0 Å². The van der Waals surface area contributed by atoms with Gasteiger partial charge in [0, 0.05) is 0 Å². The van der Waals surface area contributed by atoms with E-state index in [1.165, 1.54) is 7.11 Å². The van der Waals surface area contributed by atoms with Crippen molar-refractivity contribution in [1.29, 1.82) is 0 Å². The first-order chi connectivity index (χ1) is 13.6. The fraction of sp³-hybridized carbons (Fsp3) is 0.409. The minimum Gasteiger partial charge on any atom is -0.497 e. The summed E-state index contributed by atoms with van der Waals surface area (Å²) in [5.41, 5.74) is 3.70. The van der Waals surface area contributed by atoms with Gasteiger partial charge in [0.1, 0.15) is 11.8 Å². The van der Waals surface area contributed by atoms with Gasteiger partial charge in [0.2, 0.25) is 15.9 Å². The highest BCUT2D eigenvalue weighted by atomic mass is 32.2. The molecule has 0 aliphatic heterocycles. The molecule has 0 radical (unpaired) electrons. The number of hydrogen-bond donors (Lipinski definition) is 1. The fourth-order valence-corrected chi connectivity index (χ4v) is 4.62. The number of amides is 1. The normalized spacial score (nSPS) is 13.4. The first kappa shape index (κ1) is 22.7. The predicted octanol–water partition coefficient (Wildman–Crippen LogP) is 3.73. The van der Waals surface area contributed by atoms with Gasteiger partial charge in [-0.25, -0.2) is 8.42 Å². The molecule has 0 aromatic heterocycles. The van der Waals surface area contributed by atoms with Gasteiger partial charge in [-0.2, -0.15) is 0 Å². The Morgan fingerprint density at radius 3 is 2.24 bits per heavy atom. The molecule has 0 saturated carbocycles. The first-order valence-corrected chi connectivity index (χ1v) is 11.4. The summed E-state index contributed by atoms with van der Waals surface area (Å²) >= 11 is 0. The van der Waals surface area contributed by atoms with Crippen LogP contribution in [-0.2, 0) is 14.8 Å². The SMILES string of the molecule is CC[C@@H](NC(=O)[C@@H](C)N(c1ccc(OC)cc1)S(C)(=O)=O)c1ccc(C)cc1C. The second-order valence-corrected chi connectivity index (χ2v) is 9.12. The summed E-state index contributed by atoms with van der Waals surface area (Å²) < 4.78 is 31.2. The van der Waals surface area contributed by atoms with Crippen molar-refractivity contribution in [3.05, 3.63) is 59.2 Å². The maximum atomic E-state index is 13.0. The molecule has 0 bridgehead atoms. The quantitative estimate of drug-likeness (QED) is 0.709. The average Bonchev–Trinajstić information content (AvgIpc) is 2.66. The molecule has 0 unspecified atom stereocenters. The number of carbonyl (C=O) groups excluding carboxylic acids is 1. The minimum atomic E-state index is -3.67. The van der Waals surface area contributed by atoms with Gasteiger partial charge in [-0.3, -0.25) is 9.10 Å². The Morgan fingerprint density at radius 1 is 1.14 bits per heavy atom. The lowest BCUT2D eigenvalue weighted by Gasteiger charge is -2.30. The zero-order chi connectivity index (χ0) is 21.8.